The molecule has 10 rings (SSSR count). The van der Waals surface area contributed by atoms with Gasteiger partial charge in [0.2, 0.25) is 0 Å². The van der Waals surface area contributed by atoms with Crippen molar-refractivity contribution in [2.24, 2.45) is 0 Å². The molecule has 214 valence electrons. The van der Waals surface area contributed by atoms with E-state index in [4.69, 9.17) is 14.4 Å². The maximum Gasteiger partial charge on any atom is 0.160 e. The van der Waals surface area contributed by atoms with Crippen LogP contribution in [-0.2, 0) is 0 Å². The number of nitrogens with zero attached hydrogens (tertiary/aromatic N) is 2. The molecule has 0 atom stereocenters. The molecule has 3 nitrogen and oxygen atoms in total. The van der Waals surface area contributed by atoms with Gasteiger partial charge in [0.25, 0.3) is 0 Å². The fourth-order valence-electron chi connectivity index (χ4n) is 6.87. The Labute approximate surface area is 268 Å². The molecule has 0 bridgehead atoms. The predicted molar refractivity (Wildman–Crippen MR) is 194 cm³/mol. The summed E-state index contributed by atoms with van der Waals surface area (Å²) in [6.07, 6.45) is 0. The van der Waals surface area contributed by atoms with Crippen LogP contribution in [0.15, 0.2) is 150 Å². The van der Waals surface area contributed by atoms with Crippen molar-refractivity contribution in [2.45, 2.75) is 0 Å². The van der Waals surface area contributed by atoms with E-state index in [2.05, 4.69) is 140 Å². The molecule has 46 heavy (non-hydrogen) atoms. The molecular weight excluding hydrogens is 581 g/mol. The van der Waals surface area contributed by atoms with Crippen molar-refractivity contribution >= 4 is 75.1 Å². The smallest absolute Gasteiger partial charge is 0.160 e. The van der Waals surface area contributed by atoms with E-state index in [0.29, 0.717) is 5.82 Å². The van der Waals surface area contributed by atoms with Crippen LogP contribution in [0.5, 0.6) is 0 Å². The molecule has 0 saturated carbocycles. The fraction of sp³-hybridized carbons (Fsp3) is 0. The van der Waals surface area contributed by atoms with Gasteiger partial charge in [-0.1, -0.05) is 103 Å². The van der Waals surface area contributed by atoms with Gasteiger partial charge in [-0.05, 0) is 59.0 Å². The summed E-state index contributed by atoms with van der Waals surface area (Å²) in [7, 11) is 0. The van der Waals surface area contributed by atoms with E-state index in [-0.39, 0.29) is 0 Å². The Morgan fingerprint density at radius 3 is 2.13 bits per heavy atom. The van der Waals surface area contributed by atoms with Gasteiger partial charge in [0.1, 0.15) is 11.2 Å². The van der Waals surface area contributed by atoms with Crippen molar-refractivity contribution in [3.63, 3.8) is 0 Å². The van der Waals surface area contributed by atoms with Crippen LogP contribution < -0.4 is 0 Å². The van der Waals surface area contributed by atoms with Crippen molar-refractivity contribution < 1.29 is 4.42 Å². The van der Waals surface area contributed by atoms with E-state index < -0.39 is 0 Å². The van der Waals surface area contributed by atoms with Crippen molar-refractivity contribution in [1.29, 1.82) is 0 Å². The molecule has 7 aromatic carbocycles. The Hall–Kier alpha value is -5.84. The number of hydrogen-bond acceptors (Lipinski definition) is 4. The minimum absolute atomic E-state index is 0.693. The molecule has 3 heterocycles. The van der Waals surface area contributed by atoms with Gasteiger partial charge in [-0.25, -0.2) is 9.97 Å². The first-order valence-electron chi connectivity index (χ1n) is 15.4. The molecule has 3 aromatic heterocycles. The predicted octanol–water partition coefficient (Wildman–Crippen LogP) is 12.1. The van der Waals surface area contributed by atoms with E-state index in [9.17, 15) is 0 Å². The summed E-state index contributed by atoms with van der Waals surface area (Å²) in [6.45, 7) is 0. The summed E-state index contributed by atoms with van der Waals surface area (Å²) in [6, 6.07) is 51.3. The molecule has 0 aliphatic rings. The Morgan fingerprint density at radius 2 is 1.20 bits per heavy atom. The average molecular weight is 605 g/mol. The van der Waals surface area contributed by atoms with E-state index in [1.807, 2.05) is 17.4 Å². The Kier molecular flexibility index (Phi) is 5.45. The average Bonchev–Trinajstić information content (AvgIpc) is 3.70. The minimum Gasteiger partial charge on any atom is -0.455 e. The number of hydrogen-bond donors (Lipinski definition) is 0. The first kappa shape index (κ1) is 25.5. The molecule has 0 fully saturated rings. The number of rotatable bonds is 3. The summed E-state index contributed by atoms with van der Waals surface area (Å²) in [4.78, 5) is 10.6. The summed E-state index contributed by atoms with van der Waals surface area (Å²) < 4.78 is 9.16. The van der Waals surface area contributed by atoms with Crippen LogP contribution >= 0.6 is 11.3 Å². The highest BCUT2D eigenvalue weighted by atomic mass is 32.1. The first-order valence-corrected chi connectivity index (χ1v) is 16.2. The first-order chi connectivity index (χ1) is 22.8. The molecule has 0 aliphatic heterocycles. The van der Waals surface area contributed by atoms with Crippen LogP contribution in [0.4, 0.5) is 0 Å². The normalized spacial score (nSPS) is 11.9. The second kappa shape index (κ2) is 9.83. The highest BCUT2D eigenvalue weighted by Gasteiger charge is 2.19. The van der Waals surface area contributed by atoms with Crippen LogP contribution in [0.2, 0.25) is 0 Å². The molecule has 0 unspecified atom stereocenters. The topological polar surface area (TPSA) is 38.9 Å². The molecule has 0 N–H and O–H groups in total. The van der Waals surface area contributed by atoms with Crippen molar-refractivity contribution in [1.82, 2.24) is 9.97 Å². The van der Waals surface area contributed by atoms with Gasteiger partial charge in [0, 0.05) is 47.5 Å². The highest BCUT2D eigenvalue weighted by molar-refractivity contribution is 7.25. The van der Waals surface area contributed by atoms with Gasteiger partial charge >= 0.3 is 0 Å². The summed E-state index contributed by atoms with van der Waals surface area (Å²) >= 11 is 1.84. The quantitative estimate of drug-likeness (QED) is 0.201. The van der Waals surface area contributed by atoms with Gasteiger partial charge < -0.3 is 4.42 Å². The van der Waals surface area contributed by atoms with Crippen molar-refractivity contribution in [3.05, 3.63) is 146 Å². The number of thiophene rings is 1. The lowest BCUT2D eigenvalue weighted by Gasteiger charge is -2.11. The SMILES string of the molecule is c1ccc(-c2nc(-c3cccc(-c4ccc5sc6ccccc6c5c4)c3)nc3c2ccc2oc4c5ccccc5ccc4c23)cc1. The Morgan fingerprint density at radius 1 is 0.457 bits per heavy atom. The maximum absolute atomic E-state index is 6.54. The number of aromatic nitrogens is 2. The van der Waals surface area contributed by atoms with E-state index in [1.54, 1.807) is 0 Å². The zero-order chi connectivity index (χ0) is 30.2. The van der Waals surface area contributed by atoms with E-state index in [1.165, 1.54) is 25.7 Å². The van der Waals surface area contributed by atoms with Crippen molar-refractivity contribution in [3.8, 4) is 33.8 Å². The third kappa shape index (κ3) is 3.84. The van der Waals surface area contributed by atoms with Crippen LogP contribution in [0.3, 0.4) is 0 Å². The van der Waals surface area contributed by atoms with Gasteiger partial charge in [-0.2, -0.15) is 0 Å². The monoisotopic (exact) mass is 604 g/mol. The number of benzene rings is 7. The lowest BCUT2D eigenvalue weighted by molar-refractivity contribution is 0.673. The van der Waals surface area contributed by atoms with Gasteiger partial charge in [-0.3, -0.25) is 0 Å². The zero-order valence-electron chi connectivity index (χ0n) is 24.6. The van der Waals surface area contributed by atoms with Crippen LogP contribution in [-0.4, -0.2) is 9.97 Å². The largest absolute Gasteiger partial charge is 0.455 e. The molecular formula is C42H24N2OS. The second-order valence-corrected chi connectivity index (χ2v) is 12.8. The Bertz CT molecular complexity index is 2810. The molecule has 0 radical (unpaired) electrons. The van der Waals surface area contributed by atoms with Crippen molar-refractivity contribution in [2.75, 3.05) is 0 Å². The Balaban J connectivity index is 1.22. The second-order valence-electron chi connectivity index (χ2n) is 11.8. The molecule has 4 heteroatoms. The van der Waals surface area contributed by atoms with Crippen LogP contribution in [0, 0.1) is 0 Å². The molecule has 0 aliphatic carbocycles. The van der Waals surface area contributed by atoms with Gasteiger partial charge in [-0.15, -0.1) is 11.3 Å². The third-order valence-corrected chi connectivity index (χ3v) is 10.2. The standard InChI is InChI=1S/C42H24N2OS/c1-2-10-26(11-3-1)39-33-20-21-35-38(32-19-17-25-9-4-5-14-30(25)41(32)45-35)40(33)44-42(43-39)29-13-8-12-27(23-29)28-18-22-37-34(24-28)31-15-6-7-16-36(31)46-37/h1-24H. The number of fused-ring (bicyclic) bond motifs is 10. The summed E-state index contributed by atoms with van der Waals surface area (Å²) in [5.74, 6) is 0.693. The number of furan rings is 1. The molecule has 0 amide bonds. The minimum atomic E-state index is 0.693. The van der Waals surface area contributed by atoms with E-state index in [0.717, 1.165) is 66.0 Å². The van der Waals surface area contributed by atoms with Crippen LogP contribution in [0.25, 0.3) is 97.6 Å². The van der Waals surface area contributed by atoms with Crippen LogP contribution in [0.1, 0.15) is 0 Å². The molecule has 0 spiro atoms. The van der Waals surface area contributed by atoms with Gasteiger partial charge in [0.15, 0.2) is 5.82 Å². The lowest BCUT2D eigenvalue weighted by Crippen LogP contribution is -1.96. The van der Waals surface area contributed by atoms with Gasteiger partial charge in [0.05, 0.1) is 16.6 Å². The third-order valence-electron chi connectivity index (χ3n) is 9.07. The summed E-state index contributed by atoms with van der Waals surface area (Å²) in [5.41, 5.74) is 7.87. The lowest BCUT2D eigenvalue weighted by atomic mass is 9.99. The fourth-order valence-corrected chi connectivity index (χ4v) is 7.96. The zero-order valence-corrected chi connectivity index (χ0v) is 25.4. The molecule has 0 saturated heterocycles. The summed E-state index contributed by atoms with van der Waals surface area (Å²) in [5, 5.41) is 7.94. The maximum atomic E-state index is 6.54. The van der Waals surface area contributed by atoms with E-state index >= 15 is 0 Å². The highest BCUT2D eigenvalue weighted by Crippen LogP contribution is 2.41. The molecule has 10 aromatic rings.